The Morgan fingerprint density at radius 3 is 2.12 bits per heavy atom. The van der Waals surface area contributed by atoms with E-state index in [1.807, 2.05) is 19.9 Å². The molecule has 140 valence electrons. The van der Waals surface area contributed by atoms with E-state index in [4.69, 9.17) is 0 Å². The van der Waals surface area contributed by atoms with E-state index in [-0.39, 0.29) is 5.69 Å². The lowest BCUT2D eigenvalue weighted by molar-refractivity contribution is -0.116. The average molecular weight is 382 g/mol. The van der Waals surface area contributed by atoms with E-state index in [2.05, 4.69) is 5.32 Å². The SMILES string of the molecule is Cc1cc(C)cc(NC(=O)[C@@H](C)N(c2ccc(F)c(F)c2)S(C)(=O)=O)c1. The van der Waals surface area contributed by atoms with Crippen LogP contribution >= 0.6 is 0 Å². The number of sulfonamides is 1. The summed E-state index contributed by atoms with van der Waals surface area (Å²) >= 11 is 0. The van der Waals surface area contributed by atoms with Gasteiger partial charge in [-0.3, -0.25) is 9.10 Å². The Morgan fingerprint density at radius 1 is 1.04 bits per heavy atom. The second-order valence-corrected chi connectivity index (χ2v) is 8.06. The second kappa shape index (κ2) is 7.41. The molecule has 0 bridgehead atoms. The van der Waals surface area contributed by atoms with Gasteiger partial charge in [0.2, 0.25) is 15.9 Å². The first-order chi connectivity index (χ1) is 12.0. The lowest BCUT2D eigenvalue weighted by Crippen LogP contribution is -2.45. The smallest absolute Gasteiger partial charge is 0.247 e. The maximum Gasteiger partial charge on any atom is 0.247 e. The molecule has 0 unspecified atom stereocenters. The van der Waals surface area contributed by atoms with Gasteiger partial charge in [-0.15, -0.1) is 0 Å². The van der Waals surface area contributed by atoms with E-state index in [9.17, 15) is 22.0 Å². The quantitative estimate of drug-likeness (QED) is 0.862. The summed E-state index contributed by atoms with van der Waals surface area (Å²) in [6.45, 7) is 5.12. The minimum atomic E-state index is -3.92. The van der Waals surface area contributed by atoms with Gasteiger partial charge in [0.15, 0.2) is 11.6 Å². The second-order valence-electron chi connectivity index (χ2n) is 6.20. The highest BCUT2D eigenvalue weighted by atomic mass is 32.2. The Hall–Kier alpha value is -2.48. The summed E-state index contributed by atoms with van der Waals surface area (Å²) < 4.78 is 51.8. The van der Waals surface area contributed by atoms with Crippen LogP contribution in [0.3, 0.4) is 0 Å². The molecule has 2 aromatic carbocycles. The maximum absolute atomic E-state index is 13.5. The summed E-state index contributed by atoms with van der Waals surface area (Å²) in [5.74, 6) is -2.89. The van der Waals surface area contributed by atoms with Gasteiger partial charge < -0.3 is 5.32 Å². The highest BCUT2D eigenvalue weighted by Crippen LogP contribution is 2.24. The fourth-order valence-electron chi connectivity index (χ4n) is 2.72. The summed E-state index contributed by atoms with van der Waals surface area (Å²) in [6, 6.07) is 6.94. The molecule has 0 saturated carbocycles. The standard InChI is InChI=1S/C18H20F2N2O3S/c1-11-7-12(2)9-14(8-11)21-18(23)13(3)22(26(4,24)25)15-5-6-16(19)17(20)10-15/h5-10,13H,1-4H3,(H,21,23)/t13-/m1/s1. The van der Waals surface area contributed by atoms with E-state index >= 15 is 0 Å². The van der Waals surface area contributed by atoms with Crippen LogP contribution in [0.2, 0.25) is 0 Å². The zero-order valence-electron chi connectivity index (χ0n) is 14.9. The van der Waals surface area contributed by atoms with Gasteiger partial charge in [-0.1, -0.05) is 6.07 Å². The minimum absolute atomic E-state index is 0.130. The van der Waals surface area contributed by atoms with Gasteiger partial charge in [-0.25, -0.2) is 17.2 Å². The number of anilines is 2. The Labute approximate surface area is 151 Å². The summed E-state index contributed by atoms with van der Waals surface area (Å²) in [5, 5.41) is 2.66. The zero-order chi connectivity index (χ0) is 19.6. The van der Waals surface area contributed by atoms with Gasteiger partial charge in [0.25, 0.3) is 0 Å². The predicted molar refractivity (Wildman–Crippen MR) is 97.7 cm³/mol. The molecule has 5 nitrogen and oxygen atoms in total. The summed E-state index contributed by atoms with van der Waals surface area (Å²) in [7, 11) is -3.92. The van der Waals surface area contributed by atoms with Crippen LogP contribution in [-0.4, -0.2) is 26.6 Å². The van der Waals surface area contributed by atoms with Crippen molar-refractivity contribution in [1.29, 1.82) is 0 Å². The minimum Gasteiger partial charge on any atom is -0.324 e. The van der Waals surface area contributed by atoms with Crippen LogP contribution in [0.4, 0.5) is 20.2 Å². The van der Waals surface area contributed by atoms with Crippen molar-refractivity contribution in [3.8, 4) is 0 Å². The highest BCUT2D eigenvalue weighted by Gasteiger charge is 2.29. The first kappa shape index (κ1) is 19.8. The summed E-state index contributed by atoms with van der Waals surface area (Å²) in [6.07, 6.45) is 0.898. The van der Waals surface area contributed by atoms with Crippen molar-refractivity contribution in [2.24, 2.45) is 0 Å². The van der Waals surface area contributed by atoms with E-state index in [1.54, 1.807) is 12.1 Å². The largest absolute Gasteiger partial charge is 0.324 e. The number of carbonyl (C=O) groups excluding carboxylic acids is 1. The van der Waals surface area contributed by atoms with Crippen LogP contribution in [0.15, 0.2) is 36.4 Å². The van der Waals surface area contributed by atoms with E-state index in [0.29, 0.717) is 5.69 Å². The van der Waals surface area contributed by atoms with Gasteiger partial charge in [0.05, 0.1) is 11.9 Å². The molecule has 0 aliphatic heterocycles. The number of amides is 1. The molecule has 8 heteroatoms. The van der Waals surface area contributed by atoms with Crippen LogP contribution < -0.4 is 9.62 Å². The van der Waals surface area contributed by atoms with Crippen LogP contribution in [-0.2, 0) is 14.8 Å². The summed E-state index contributed by atoms with van der Waals surface area (Å²) in [5.41, 5.74) is 2.27. The Balaban J connectivity index is 2.35. The average Bonchev–Trinajstić information content (AvgIpc) is 2.48. The molecule has 1 N–H and O–H groups in total. The third-order valence-corrected chi connectivity index (χ3v) is 4.98. The Morgan fingerprint density at radius 2 is 1.62 bits per heavy atom. The molecule has 2 rings (SSSR count). The van der Waals surface area contributed by atoms with Gasteiger partial charge in [-0.05, 0) is 56.2 Å². The van der Waals surface area contributed by atoms with Crippen molar-refractivity contribution in [3.63, 3.8) is 0 Å². The maximum atomic E-state index is 13.5. The Bertz CT molecular complexity index is 925. The zero-order valence-corrected chi connectivity index (χ0v) is 15.7. The molecule has 0 heterocycles. The number of rotatable bonds is 5. The van der Waals surface area contributed by atoms with Crippen LogP contribution in [0, 0.1) is 25.5 Å². The number of nitrogens with one attached hydrogen (secondary N) is 1. The fraction of sp³-hybridized carbons (Fsp3) is 0.278. The first-order valence-corrected chi connectivity index (χ1v) is 9.67. The predicted octanol–water partition coefficient (Wildman–Crippen LogP) is 3.37. The van der Waals surface area contributed by atoms with Crippen LogP contribution in [0.25, 0.3) is 0 Å². The molecule has 2 aromatic rings. The first-order valence-electron chi connectivity index (χ1n) is 7.82. The number of hydrogen-bond acceptors (Lipinski definition) is 3. The molecule has 0 spiro atoms. The number of halogens is 2. The number of nitrogens with zero attached hydrogens (tertiary/aromatic N) is 1. The molecule has 0 saturated heterocycles. The van der Waals surface area contributed by atoms with Crippen molar-refractivity contribution in [2.75, 3.05) is 15.9 Å². The van der Waals surface area contributed by atoms with Crippen molar-refractivity contribution in [1.82, 2.24) is 0 Å². The van der Waals surface area contributed by atoms with Gasteiger partial charge in [0, 0.05) is 11.8 Å². The molecule has 26 heavy (non-hydrogen) atoms. The lowest BCUT2D eigenvalue weighted by atomic mass is 10.1. The number of hydrogen-bond donors (Lipinski definition) is 1. The third-order valence-electron chi connectivity index (χ3n) is 3.74. The van der Waals surface area contributed by atoms with Crippen LogP contribution in [0.5, 0.6) is 0 Å². The third kappa shape index (κ3) is 4.57. The normalized spacial score (nSPS) is 12.5. The fourth-order valence-corrected chi connectivity index (χ4v) is 3.89. The van der Waals surface area contributed by atoms with Gasteiger partial charge >= 0.3 is 0 Å². The van der Waals surface area contributed by atoms with Crippen molar-refractivity contribution >= 4 is 27.3 Å². The molecule has 1 atom stereocenters. The topological polar surface area (TPSA) is 66.5 Å². The highest BCUT2D eigenvalue weighted by molar-refractivity contribution is 7.92. The molecule has 0 aliphatic carbocycles. The molecule has 0 aromatic heterocycles. The van der Waals surface area contributed by atoms with Crippen molar-refractivity contribution in [3.05, 3.63) is 59.2 Å². The van der Waals surface area contributed by atoms with E-state index < -0.39 is 33.6 Å². The van der Waals surface area contributed by atoms with Gasteiger partial charge in [-0.2, -0.15) is 0 Å². The lowest BCUT2D eigenvalue weighted by Gasteiger charge is -2.28. The van der Waals surface area contributed by atoms with Crippen molar-refractivity contribution < 1.29 is 22.0 Å². The van der Waals surface area contributed by atoms with Crippen LogP contribution in [0.1, 0.15) is 18.1 Å². The molecule has 0 aliphatic rings. The molecule has 1 amide bonds. The van der Waals surface area contributed by atoms with Crippen molar-refractivity contribution in [2.45, 2.75) is 26.8 Å². The molecule has 0 radical (unpaired) electrons. The number of aryl methyl sites for hydroxylation is 2. The monoisotopic (exact) mass is 382 g/mol. The van der Waals surface area contributed by atoms with E-state index in [1.165, 1.54) is 6.92 Å². The molecular formula is C18H20F2N2O3S. The van der Waals surface area contributed by atoms with Gasteiger partial charge in [0.1, 0.15) is 6.04 Å². The number of carbonyl (C=O) groups is 1. The molecular weight excluding hydrogens is 362 g/mol. The number of benzene rings is 2. The summed E-state index contributed by atoms with van der Waals surface area (Å²) in [4.78, 5) is 12.6. The molecule has 0 fully saturated rings. The van der Waals surface area contributed by atoms with E-state index in [0.717, 1.165) is 39.9 Å². The Kier molecular flexibility index (Phi) is 5.65.